The van der Waals surface area contributed by atoms with Crippen LogP contribution in [0.1, 0.15) is 37.9 Å². The number of hydrogen-bond donors (Lipinski definition) is 2. The summed E-state index contributed by atoms with van der Waals surface area (Å²) in [6.45, 7) is 2.78. The number of carbonyl (C=O) groups is 2. The number of carbonyl (C=O) groups excluding carboxylic acids is 2. The van der Waals surface area contributed by atoms with E-state index in [4.69, 9.17) is 0 Å². The fraction of sp³-hybridized carbons (Fsp3) is 0.632. The Morgan fingerprint density at radius 1 is 1.31 bits per heavy atom. The van der Waals surface area contributed by atoms with E-state index in [1.165, 1.54) is 6.07 Å². The number of rotatable bonds is 5. The molecule has 1 saturated heterocycles. The molecule has 2 aliphatic heterocycles. The number of hydrogen-bond acceptors (Lipinski definition) is 4. The number of aromatic nitrogens is 1. The van der Waals surface area contributed by atoms with E-state index in [1.807, 2.05) is 13.0 Å². The molecule has 3 aliphatic rings. The van der Waals surface area contributed by atoms with E-state index in [9.17, 15) is 19.5 Å². The molecular weight excluding hydrogens is 334 g/mol. The van der Waals surface area contributed by atoms with Gasteiger partial charge >= 0.3 is 0 Å². The lowest BCUT2D eigenvalue weighted by atomic mass is 9.88. The van der Waals surface area contributed by atoms with E-state index in [0.717, 1.165) is 25.0 Å². The molecule has 2 N–H and O–H groups in total. The molecule has 4 rings (SSSR count). The van der Waals surface area contributed by atoms with Gasteiger partial charge in [0.15, 0.2) is 0 Å². The largest absolute Gasteiger partial charge is 0.396 e. The van der Waals surface area contributed by atoms with Crippen LogP contribution in [0.4, 0.5) is 0 Å². The second-order valence-corrected chi connectivity index (χ2v) is 7.61. The van der Waals surface area contributed by atoms with Crippen molar-refractivity contribution in [2.45, 2.75) is 44.8 Å². The molecule has 2 amide bonds. The van der Waals surface area contributed by atoms with Crippen molar-refractivity contribution in [1.82, 2.24) is 14.8 Å². The van der Waals surface area contributed by atoms with Crippen molar-refractivity contribution >= 4 is 11.8 Å². The van der Waals surface area contributed by atoms with Crippen LogP contribution in [-0.2, 0) is 16.1 Å². The number of fused-ring (bicyclic) bond motifs is 3. The van der Waals surface area contributed by atoms with Gasteiger partial charge in [-0.05, 0) is 25.3 Å². The Balaban J connectivity index is 1.76. The lowest BCUT2D eigenvalue weighted by Crippen LogP contribution is -2.51. The minimum Gasteiger partial charge on any atom is -0.396 e. The highest BCUT2D eigenvalue weighted by Crippen LogP contribution is 2.51. The number of pyridine rings is 1. The van der Waals surface area contributed by atoms with Gasteiger partial charge in [-0.25, -0.2) is 0 Å². The van der Waals surface area contributed by atoms with Gasteiger partial charge in [0.05, 0.1) is 6.04 Å². The van der Waals surface area contributed by atoms with Gasteiger partial charge in [0, 0.05) is 49.2 Å². The summed E-state index contributed by atoms with van der Waals surface area (Å²) >= 11 is 0. The number of aliphatic hydroxyl groups excluding tert-OH is 1. The Hall–Kier alpha value is -2.15. The normalized spacial score (nSPS) is 29.4. The summed E-state index contributed by atoms with van der Waals surface area (Å²) in [4.78, 5) is 39.9. The van der Waals surface area contributed by atoms with Gasteiger partial charge in [0.25, 0.3) is 5.56 Å². The van der Waals surface area contributed by atoms with Gasteiger partial charge in [0.2, 0.25) is 11.8 Å². The zero-order valence-electron chi connectivity index (χ0n) is 14.9. The number of amides is 2. The first-order valence-electron chi connectivity index (χ1n) is 9.49. The molecule has 1 aromatic heterocycles. The van der Waals surface area contributed by atoms with E-state index in [0.29, 0.717) is 13.1 Å². The fourth-order valence-corrected chi connectivity index (χ4v) is 4.58. The summed E-state index contributed by atoms with van der Waals surface area (Å²) < 4.78 is 1.69. The monoisotopic (exact) mass is 359 g/mol. The Kier molecular flexibility index (Phi) is 4.34. The van der Waals surface area contributed by atoms with Crippen LogP contribution in [0, 0.1) is 17.8 Å². The van der Waals surface area contributed by atoms with Crippen LogP contribution in [0.15, 0.2) is 23.0 Å². The van der Waals surface area contributed by atoms with Crippen LogP contribution in [0.2, 0.25) is 0 Å². The number of nitrogens with one attached hydrogen (secondary N) is 1. The van der Waals surface area contributed by atoms with Gasteiger partial charge in [-0.1, -0.05) is 13.0 Å². The lowest BCUT2D eigenvalue weighted by molar-refractivity contribution is -0.142. The summed E-state index contributed by atoms with van der Waals surface area (Å²) in [5.41, 5.74) is 0.681. The first-order valence-corrected chi connectivity index (χ1v) is 9.49. The highest BCUT2D eigenvalue weighted by Gasteiger charge is 2.58. The molecule has 0 radical (unpaired) electrons. The molecule has 140 valence electrons. The molecule has 1 saturated carbocycles. The van der Waals surface area contributed by atoms with Crippen LogP contribution >= 0.6 is 0 Å². The number of likely N-dealkylation sites (tertiary alicyclic amines) is 1. The predicted molar refractivity (Wildman–Crippen MR) is 94.2 cm³/mol. The van der Waals surface area contributed by atoms with Crippen LogP contribution in [0.5, 0.6) is 0 Å². The number of aliphatic hydroxyl groups is 1. The van der Waals surface area contributed by atoms with E-state index >= 15 is 0 Å². The molecule has 4 atom stereocenters. The maximum Gasteiger partial charge on any atom is 0.250 e. The molecule has 0 aromatic carbocycles. The molecule has 1 aromatic rings. The molecule has 0 spiro atoms. The summed E-state index contributed by atoms with van der Waals surface area (Å²) in [6, 6.07) is 4.09. The quantitative estimate of drug-likeness (QED) is 0.790. The maximum absolute atomic E-state index is 13.1. The third-order valence-corrected chi connectivity index (χ3v) is 5.95. The maximum atomic E-state index is 13.1. The van der Waals surface area contributed by atoms with Crippen molar-refractivity contribution in [2.24, 2.45) is 17.8 Å². The van der Waals surface area contributed by atoms with Crippen molar-refractivity contribution in [1.29, 1.82) is 0 Å². The van der Waals surface area contributed by atoms with E-state index in [1.54, 1.807) is 15.5 Å². The zero-order chi connectivity index (χ0) is 18.4. The van der Waals surface area contributed by atoms with Crippen LogP contribution in [-0.4, -0.2) is 45.6 Å². The van der Waals surface area contributed by atoms with E-state index < -0.39 is 6.04 Å². The molecule has 7 nitrogen and oxygen atoms in total. The second-order valence-electron chi connectivity index (χ2n) is 7.61. The summed E-state index contributed by atoms with van der Waals surface area (Å²) in [6.07, 6.45) is 2.51. The van der Waals surface area contributed by atoms with Crippen LogP contribution in [0.25, 0.3) is 0 Å². The standard InChI is InChI=1S/C19H25N3O4/c1-2-8-20-18(25)17-13(10-23)12-9-21-14(4-3-5-15(21)24)16(12)22(17)19(26)11-6-7-11/h3-5,11-13,16-17,23H,2,6-10H2,1H3,(H,20,25)/t12-,13-,16+,17-/m0/s1. The van der Waals surface area contributed by atoms with E-state index in [2.05, 4.69) is 5.32 Å². The molecule has 0 unspecified atom stereocenters. The first kappa shape index (κ1) is 17.3. The molecule has 1 aliphatic carbocycles. The van der Waals surface area contributed by atoms with Crippen molar-refractivity contribution in [3.8, 4) is 0 Å². The zero-order valence-corrected chi connectivity index (χ0v) is 14.9. The van der Waals surface area contributed by atoms with Crippen LogP contribution in [0.3, 0.4) is 0 Å². The second kappa shape index (κ2) is 6.54. The van der Waals surface area contributed by atoms with Gasteiger partial charge in [0.1, 0.15) is 6.04 Å². The Labute approximate surface area is 152 Å². The van der Waals surface area contributed by atoms with Crippen molar-refractivity contribution in [3.05, 3.63) is 34.2 Å². The van der Waals surface area contributed by atoms with E-state index in [-0.39, 0.29) is 47.8 Å². The van der Waals surface area contributed by atoms with Crippen molar-refractivity contribution in [2.75, 3.05) is 13.2 Å². The Morgan fingerprint density at radius 2 is 2.08 bits per heavy atom. The van der Waals surface area contributed by atoms with Gasteiger partial charge in [-0.3, -0.25) is 14.4 Å². The molecule has 2 fully saturated rings. The van der Waals surface area contributed by atoms with Gasteiger partial charge < -0.3 is 19.9 Å². The molecular formula is C19H25N3O4. The molecule has 26 heavy (non-hydrogen) atoms. The van der Waals surface area contributed by atoms with Crippen LogP contribution < -0.4 is 10.9 Å². The van der Waals surface area contributed by atoms with Crippen molar-refractivity contribution < 1.29 is 14.7 Å². The average Bonchev–Trinajstić information content (AvgIpc) is 3.34. The van der Waals surface area contributed by atoms with Gasteiger partial charge in [-0.2, -0.15) is 0 Å². The minimum absolute atomic E-state index is 0.0163. The smallest absolute Gasteiger partial charge is 0.250 e. The minimum atomic E-state index is -0.668. The molecule has 0 bridgehead atoms. The highest BCUT2D eigenvalue weighted by atomic mass is 16.3. The first-order chi connectivity index (χ1) is 12.6. The Morgan fingerprint density at radius 3 is 2.73 bits per heavy atom. The highest BCUT2D eigenvalue weighted by molar-refractivity contribution is 5.91. The predicted octanol–water partition coefficient (Wildman–Crippen LogP) is 0.275. The fourth-order valence-electron chi connectivity index (χ4n) is 4.58. The van der Waals surface area contributed by atoms with Gasteiger partial charge in [-0.15, -0.1) is 0 Å². The van der Waals surface area contributed by atoms with Crippen molar-refractivity contribution in [3.63, 3.8) is 0 Å². The summed E-state index contributed by atoms with van der Waals surface area (Å²) in [5.74, 6) is -0.718. The number of nitrogens with zero attached hydrogens (tertiary/aromatic N) is 2. The molecule has 3 heterocycles. The molecule has 7 heteroatoms. The summed E-state index contributed by atoms with van der Waals surface area (Å²) in [7, 11) is 0. The Bertz CT molecular complexity index is 785. The lowest BCUT2D eigenvalue weighted by Gasteiger charge is -2.31. The SMILES string of the molecule is CCCNC(=O)[C@@H]1[C@@H](CO)[C@@H]2Cn3c(cccc3=O)[C@@H]2N1C(=O)C1CC1. The summed E-state index contributed by atoms with van der Waals surface area (Å²) in [5, 5.41) is 12.9. The topological polar surface area (TPSA) is 91.6 Å². The third-order valence-electron chi connectivity index (χ3n) is 5.95. The third kappa shape index (κ3) is 2.57. The average molecular weight is 359 g/mol.